The summed E-state index contributed by atoms with van der Waals surface area (Å²) in [6.45, 7) is -0.486. The maximum absolute atomic E-state index is 10.2. The topological polar surface area (TPSA) is 93.1 Å². The van der Waals surface area contributed by atoms with Gasteiger partial charge in [0.2, 0.25) is 0 Å². The summed E-state index contributed by atoms with van der Waals surface area (Å²) in [6.07, 6.45) is 0. The number of hydrogen-bond donors (Lipinski definition) is 1. The molecule has 0 rings (SSSR count). The fraction of sp³-hybridized carbons (Fsp3) is 0.500. The van der Waals surface area contributed by atoms with Crippen LogP contribution in [0.4, 0.5) is 0 Å². The molecule has 0 fully saturated rings. The van der Waals surface area contributed by atoms with Gasteiger partial charge in [-0.25, -0.2) is 4.90 Å². The predicted molar refractivity (Wildman–Crippen MR) is 38.4 cm³/mol. The maximum Gasteiger partial charge on any atom is 0.317 e. The second kappa shape index (κ2) is 7.04. The SMILES string of the molecule is O=COCN(COC=O)CC(=O)O. The van der Waals surface area contributed by atoms with E-state index in [9.17, 15) is 14.4 Å². The van der Waals surface area contributed by atoms with Crippen molar-refractivity contribution < 1.29 is 29.0 Å². The molecule has 0 amide bonds. The average molecular weight is 191 g/mol. The maximum atomic E-state index is 10.2. The lowest BCUT2D eigenvalue weighted by Crippen LogP contribution is -2.33. The standard InChI is InChI=1S/C6H9NO6/c8-4-12-2-7(1-6(10)11)3-13-5-9/h4-5H,1-3H2,(H,10,11). The molecule has 1 N–H and O–H groups in total. The number of carbonyl (C=O) groups is 3. The van der Waals surface area contributed by atoms with E-state index < -0.39 is 5.97 Å². The van der Waals surface area contributed by atoms with Crippen LogP contribution in [0.1, 0.15) is 0 Å². The molecule has 0 aromatic rings. The number of carbonyl (C=O) groups excluding carboxylic acids is 2. The van der Waals surface area contributed by atoms with Gasteiger partial charge in [-0.15, -0.1) is 0 Å². The third-order valence-electron chi connectivity index (χ3n) is 1.01. The van der Waals surface area contributed by atoms with E-state index in [0.29, 0.717) is 0 Å². The highest BCUT2D eigenvalue weighted by Gasteiger charge is 2.09. The molecule has 13 heavy (non-hydrogen) atoms. The number of hydrogen-bond acceptors (Lipinski definition) is 6. The van der Waals surface area contributed by atoms with Crippen LogP contribution in [-0.4, -0.2) is 48.9 Å². The average Bonchev–Trinajstić information content (AvgIpc) is 2.09. The van der Waals surface area contributed by atoms with Crippen molar-refractivity contribution in [3.63, 3.8) is 0 Å². The number of rotatable bonds is 8. The van der Waals surface area contributed by atoms with Gasteiger partial charge in [0.15, 0.2) is 0 Å². The molecule has 0 atom stereocenters. The largest absolute Gasteiger partial charge is 0.480 e. The van der Waals surface area contributed by atoms with E-state index in [1.807, 2.05) is 0 Å². The second-order valence-corrected chi connectivity index (χ2v) is 2.01. The summed E-state index contributed by atoms with van der Waals surface area (Å²) < 4.78 is 8.56. The van der Waals surface area contributed by atoms with Gasteiger partial charge in [-0.05, 0) is 0 Å². The monoisotopic (exact) mass is 191 g/mol. The molecule has 0 saturated carbocycles. The van der Waals surface area contributed by atoms with Gasteiger partial charge < -0.3 is 14.6 Å². The minimum atomic E-state index is -1.11. The van der Waals surface area contributed by atoms with E-state index in [2.05, 4.69) is 9.47 Å². The lowest BCUT2D eigenvalue weighted by Gasteiger charge is -2.16. The van der Waals surface area contributed by atoms with Crippen molar-refractivity contribution in [2.24, 2.45) is 0 Å². The van der Waals surface area contributed by atoms with E-state index in [0.717, 1.165) is 4.90 Å². The van der Waals surface area contributed by atoms with Crippen molar-refractivity contribution in [2.75, 3.05) is 20.0 Å². The fourth-order valence-electron chi connectivity index (χ4n) is 0.592. The summed E-state index contributed by atoms with van der Waals surface area (Å²) in [5.41, 5.74) is 0. The van der Waals surface area contributed by atoms with Crippen LogP contribution >= 0.6 is 0 Å². The number of nitrogens with zero attached hydrogens (tertiary/aromatic N) is 1. The highest BCUT2D eigenvalue weighted by atomic mass is 16.6. The first kappa shape index (κ1) is 11.4. The Bertz CT molecular complexity index is 170. The Hall–Kier alpha value is -1.63. The molecule has 0 spiro atoms. The van der Waals surface area contributed by atoms with Gasteiger partial charge >= 0.3 is 5.97 Å². The molecular formula is C6H9NO6. The van der Waals surface area contributed by atoms with Crippen molar-refractivity contribution in [3.8, 4) is 0 Å². The third-order valence-corrected chi connectivity index (χ3v) is 1.01. The van der Waals surface area contributed by atoms with Crippen LogP contribution in [0.25, 0.3) is 0 Å². The summed E-state index contributed by atoms with van der Waals surface area (Å²) in [6, 6.07) is 0. The minimum absolute atomic E-state index is 0.176. The van der Waals surface area contributed by atoms with Gasteiger partial charge in [0.05, 0.1) is 0 Å². The van der Waals surface area contributed by atoms with E-state index in [-0.39, 0.29) is 33.0 Å². The normalized spacial score (nSPS) is 9.31. The number of aliphatic carboxylic acids is 1. The van der Waals surface area contributed by atoms with Crippen molar-refractivity contribution in [1.82, 2.24) is 4.90 Å². The Morgan fingerprint density at radius 3 is 2.00 bits per heavy atom. The smallest absolute Gasteiger partial charge is 0.317 e. The number of carboxylic acids is 1. The molecule has 0 aliphatic carbocycles. The minimum Gasteiger partial charge on any atom is -0.480 e. The molecule has 0 saturated heterocycles. The third kappa shape index (κ3) is 6.76. The quantitative estimate of drug-likeness (QED) is 0.374. The van der Waals surface area contributed by atoms with Gasteiger partial charge in [-0.3, -0.25) is 14.4 Å². The Kier molecular flexibility index (Phi) is 6.16. The van der Waals surface area contributed by atoms with Gasteiger partial charge in [-0.2, -0.15) is 0 Å². The molecule has 74 valence electrons. The molecular weight excluding hydrogens is 182 g/mol. The Balaban J connectivity index is 3.78. The molecule has 0 unspecified atom stereocenters. The van der Waals surface area contributed by atoms with Gasteiger partial charge in [-0.1, -0.05) is 0 Å². The number of ether oxygens (including phenoxy) is 2. The Labute approximate surface area is 73.8 Å². The first-order chi connectivity index (χ1) is 6.20. The molecule has 7 heteroatoms. The molecule has 0 bridgehead atoms. The molecule has 0 aromatic carbocycles. The van der Waals surface area contributed by atoms with E-state index >= 15 is 0 Å². The number of carboxylic acid groups (broad SMARTS) is 1. The first-order valence-corrected chi connectivity index (χ1v) is 3.25. The fourth-order valence-corrected chi connectivity index (χ4v) is 0.592. The van der Waals surface area contributed by atoms with Crippen LogP contribution in [0, 0.1) is 0 Å². The lowest BCUT2D eigenvalue weighted by atomic mass is 10.6. The van der Waals surface area contributed by atoms with Crippen LogP contribution in [0.3, 0.4) is 0 Å². The van der Waals surface area contributed by atoms with Gasteiger partial charge in [0.25, 0.3) is 12.9 Å². The summed E-state index contributed by atoms with van der Waals surface area (Å²) in [4.78, 5) is 30.8. The molecule has 0 aliphatic rings. The van der Waals surface area contributed by atoms with Crippen LogP contribution < -0.4 is 0 Å². The molecule has 0 aromatic heterocycles. The van der Waals surface area contributed by atoms with E-state index in [4.69, 9.17) is 5.11 Å². The second-order valence-electron chi connectivity index (χ2n) is 2.01. The molecule has 7 nitrogen and oxygen atoms in total. The van der Waals surface area contributed by atoms with Crippen molar-refractivity contribution in [3.05, 3.63) is 0 Å². The van der Waals surface area contributed by atoms with Gasteiger partial charge in [0, 0.05) is 0 Å². The summed E-state index contributed by atoms with van der Waals surface area (Å²) >= 11 is 0. The van der Waals surface area contributed by atoms with Crippen LogP contribution in [0.5, 0.6) is 0 Å². The molecule has 0 heterocycles. The summed E-state index contributed by atoms with van der Waals surface area (Å²) in [5, 5.41) is 8.35. The zero-order valence-corrected chi connectivity index (χ0v) is 6.71. The van der Waals surface area contributed by atoms with Crippen LogP contribution in [-0.2, 0) is 23.9 Å². The summed E-state index contributed by atoms with van der Waals surface area (Å²) in [7, 11) is 0. The van der Waals surface area contributed by atoms with Crippen molar-refractivity contribution in [2.45, 2.75) is 0 Å². The highest BCUT2D eigenvalue weighted by molar-refractivity contribution is 5.69. The Morgan fingerprint density at radius 1 is 1.23 bits per heavy atom. The van der Waals surface area contributed by atoms with Crippen molar-refractivity contribution >= 4 is 18.9 Å². The zero-order valence-electron chi connectivity index (χ0n) is 6.71. The highest BCUT2D eigenvalue weighted by Crippen LogP contribution is 1.88. The van der Waals surface area contributed by atoms with Crippen LogP contribution in [0.2, 0.25) is 0 Å². The zero-order chi connectivity index (χ0) is 10.1. The summed E-state index contributed by atoms with van der Waals surface area (Å²) in [5.74, 6) is -1.11. The predicted octanol–water partition coefficient (Wildman–Crippen LogP) is -1.37. The van der Waals surface area contributed by atoms with Gasteiger partial charge in [0.1, 0.15) is 20.0 Å². The Morgan fingerprint density at radius 2 is 1.69 bits per heavy atom. The molecule has 0 radical (unpaired) electrons. The first-order valence-electron chi connectivity index (χ1n) is 3.25. The van der Waals surface area contributed by atoms with E-state index in [1.165, 1.54) is 0 Å². The van der Waals surface area contributed by atoms with E-state index in [1.54, 1.807) is 0 Å². The molecule has 0 aliphatic heterocycles. The lowest BCUT2D eigenvalue weighted by molar-refractivity contribution is -0.150. The van der Waals surface area contributed by atoms with Crippen molar-refractivity contribution in [1.29, 1.82) is 0 Å². The van der Waals surface area contributed by atoms with Crippen LogP contribution in [0.15, 0.2) is 0 Å².